The van der Waals surface area contributed by atoms with E-state index in [1.54, 1.807) is 32.4 Å². The summed E-state index contributed by atoms with van der Waals surface area (Å²) in [6, 6.07) is 6.52. The molecule has 2 heterocycles. The molecule has 1 aromatic carbocycles. The first-order chi connectivity index (χ1) is 13.8. The Morgan fingerprint density at radius 3 is 2.72 bits per heavy atom. The summed E-state index contributed by atoms with van der Waals surface area (Å²) >= 11 is 0. The highest BCUT2D eigenvalue weighted by molar-refractivity contribution is 7.83. The predicted molar refractivity (Wildman–Crippen MR) is 104 cm³/mol. The molecule has 154 valence electrons. The van der Waals surface area contributed by atoms with Gasteiger partial charge >= 0.3 is 0 Å². The molecule has 0 bridgehead atoms. The quantitative estimate of drug-likeness (QED) is 0.602. The largest absolute Gasteiger partial charge is 0.382 e. The highest BCUT2D eigenvalue weighted by Crippen LogP contribution is 2.33. The fourth-order valence-corrected chi connectivity index (χ4v) is 4.43. The Morgan fingerprint density at radius 1 is 1.31 bits per heavy atom. The van der Waals surface area contributed by atoms with Gasteiger partial charge in [-0.2, -0.15) is 5.10 Å². The van der Waals surface area contributed by atoms with Gasteiger partial charge in [0.25, 0.3) is 0 Å². The molecule has 1 N–H and O–H groups in total. The summed E-state index contributed by atoms with van der Waals surface area (Å²) in [5, 5.41) is 14.5. The Balaban J connectivity index is 1.93. The number of rotatable bonds is 8. The first-order valence-corrected chi connectivity index (χ1v) is 9.99. The summed E-state index contributed by atoms with van der Waals surface area (Å²) in [6.07, 6.45) is 5.93. The van der Waals surface area contributed by atoms with Gasteiger partial charge < -0.3 is 5.11 Å². The molecule has 0 amide bonds. The molecule has 0 fully saturated rings. The minimum atomic E-state index is -1.93. The van der Waals surface area contributed by atoms with Crippen LogP contribution in [0, 0.1) is 11.6 Å². The minimum absolute atomic E-state index is 0.162. The first kappa shape index (κ1) is 21.2. The van der Waals surface area contributed by atoms with Crippen LogP contribution in [0.5, 0.6) is 0 Å². The maximum absolute atomic E-state index is 14.6. The minimum Gasteiger partial charge on any atom is -0.382 e. The van der Waals surface area contributed by atoms with Gasteiger partial charge in [0.05, 0.1) is 11.8 Å². The van der Waals surface area contributed by atoms with Gasteiger partial charge in [0, 0.05) is 37.6 Å². The summed E-state index contributed by atoms with van der Waals surface area (Å²) in [5.74, 6) is -1.69. The molecule has 0 aliphatic heterocycles. The zero-order chi connectivity index (χ0) is 21.0. The third kappa shape index (κ3) is 4.72. The molecule has 3 aromatic rings. The van der Waals surface area contributed by atoms with Gasteiger partial charge in [-0.15, -0.1) is 0 Å². The van der Waals surface area contributed by atoms with Crippen molar-refractivity contribution in [2.24, 2.45) is 0 Å². The number of benzene rings is 1. The van der Waals surface area contributed by atoms with Crippen molar-refractivity contribution in [1.29, 1.82) is 0 Å². The topological polar surface area (TPSA) is 84.1 Å². The molecular weight excluding hydrogens is 400 g/mol. The molecule has 29 heavy (non-hydrogen) atoms. The average molecular weight is 421 g/mol. The molecule has 0 saturated heterocycles. The van der Waals surface area contributed by atoms with Gasteiger partial charge in [0.2, 0.25) is 0 Å². The standard InChI is InChI=1S/C19H21F2N5O2S/c1-14(29(28)25(2)10-15-4-3-7-22-9-15)19(27,11-26-13-23-12-24-26)17-6-5-16(20)8-18(17)21/h3-9,12-14,27H,10-11H2,1-2H3/t14-,19-,29?/m1/s1. The lowest BCUT2D eigenvalue weighted by Gasteiger charge is -2.35. The molecule has 7 nitrogen and oxygen atoms in total. The predicted octanol–water partition coefficient (Wildman–Crippen LogP) is 2.02. The fraction of sp³-hybridized carbons (Fsp3) is 0.316. The Bertz CT molecular complexity index is 974. The van der Waals surface area contributed by atoms with E-state index in [1.807, 2.05) is 6.07 Å². The van der Waals surface area contributed by atoms with E-state index in [-0.39, 0.29) is 12.1 Å². The van der Waals surface area contributed by atoms with Crippen LogP contribution >= 0.6 is 0 Å². The normalized spacial score (nSPS) is 15.8. The van der Waals surface area contributed by atoms with Crippen LogP contribution in [-0.4, -0.2) is 45.7 Å². The van der Waals surface area contributed by atoms with Crippen LogP contribution in [0.4, 0.5) is 8.78 Å². The van der Waals surface area contributed by atoms with E-state index in [9.17, 15) is 18.1 Å². The van der Waals surface area contributed by atoms with Gasteiger partial charge in [-0.25, -0.2) is 27.0 Å². The molecule has 10 heteroatoms. The number of aromatic nitrogens is 4. The van der Waals surface area contributed by atoms with Gasteiger partial charge in [-0.05, 0) is 24.6 Å². The number of halogens is 2. The zero-order valence-electron chi connectivity index (χ0n) is 15.9. The second kappa shape index (κ2) is 8.85. The highest BCUT2D eigenvalue weighted by Gasteiger charge is 2.43. The van der Waals surface area contributed by atoms with Crippen molar-refractivity contribution in [2.75, 3.05) is 7.05 Å². The van der Waals surface area contributed by atoms with Crippen LogP contribution in [0.2, 0.25) is 0 Å². The summed E-state index contributed by atoms with van der Waals surface area (Å²) in [4.78, 5) is 7.85. The molecule has 2 aromatic heterocycles. The van der Waals surface area contributed by atoms with Crippen LogP contribution < -0.4 is 0 Å². The second-order valence-electron chi connectivity index (χ2n) is 6.71. The van der Waals surface area contributed by atoms with Crippen LogP contribution in [0.25, 0.3) is 0 Å². The van der Waals surface area contributed by atoms with Crippen molar-refractivity contribution in [3.05, 3.63) is 78.1 Å². The van der Waals surface area contributed by atoms with Gasteiger partial charge in [0.1, 0.15) is 40.9 Å². The van der Waals surface area contributed by atoms with E-state index in [0.717, 1.165) is 17.7 Å². The lowest BCUT2D eigenvalue weighted by molar-refractivity contribution is 0.0111. The average Bonchev–Trinajstić information content (AvgIpc) is 3.20. The molecule has 3 atom stereocenters. The molecule has 0 spiro atoms. The monoisotopic (exact) mass is 421 g/mol. The third-order valence-electron chi connectivity index (χ3n) is 4.68. The second-order valence-corrected chi connectivity index (χ2v) is 8.59. The SMILES string of the molecule is C[C@@H](S(=O)N(C)Cc1cccnc1)[C@](O)(Cn1cncn1)c1ccc(F)cc1F. The summed E-state index contributed by atoms with van der Waals surface area (Å²) in [7, 11) is -0.0860. The van der Waals surface area contributed by atoms with E-state index in [1.165, 1.54) is 21.6 Å². The van der Waals surface area contributed by atoms with Gasteiger partial charge in [0.15, 0.2) is 0 Å². The Morgan fingerprint density at radius 2 is 2.10 bits per heavy atom. The maximum Gasteiger partial charge on any atom is 0.137 e. The van der Waals surface area contributed by atoms with Crippen molar-refractivity contribution < 1.29 is 18.1 Å². The van der Waals surface area contributed by atoms with E-state index in [4.69, 9.17) is 0 Å². The van der Waals surface area contributed by atoms with E-state index < -0.39 is 33.5 Å². The van der Waals surface area contributed by atoms with Crippen LogP contribution in [0.3, 0.4) is 0 Å². The van der Waals surface area contributed by atoms with E-state index in [0.29, 0.717) is 12.6 Å². The van der Waals surface area contributed by atoms with Crippen molar-refractivity contribution >= 4 is 11.0 Å². The first-order valence-electron chi connectivity index (χ1n) is 8.82. The van der Waals surface area contributed by atoms with Gasteiger partial charge in [-0.3, -0.25) is 4.98 Å². The molecule has 0 radical (unpaired) electrons. The molecule has 0 aliphatic rings. The van der Waals surface area contributed by atoms with Crippen LogP contribution in [0.15, 0.2) is 55.4 Å². The number of aliphatic hydroxyl groups is 1. The molecule has 1 unspecified atom stereocenters. The van der Waals surface area contributed by atoms with Gasteiger partial charge in [-0.1, -0.05) is 12.1 Å². The van der Waals surface area contributed by atoms with Crippen molar-refractivity contribution in [1.82, 2.24) is 24.1 Å². The summed E-state index contributed by atoms with van der Waals surface area (Å²) < 4.78 is 44.0. The fourth-order valence-electron chi connectivity index (χ4n) is 3.08. The molecule has 3 rings (SSSR count). The Hall–Kier alpha value is -2.56. The van der Waals surface area contributed by atoms with E-state index in [2.05, 4.69) is 15.1 Å². The lowest BCUT2D eigenvalue weighted by Crippen LogP contribution is -2.48. The number of pyridine rings is 1. The molecule has 0 aliphatic carbocycles. The highest BCUT2D eigenvalue weighted by atomic mass is 32.2. The summed E-state index contributed by atoms with van der Waals surface area (Å²) in [6.45, 7) is 1.66. The zero-order valence-corrected chi connectivity index (χ0v) is 16.8. The smallest absolute Gasteiger partial charge is 0.137 e. The Kier molecular flexibility index (Phi) is 6.46. The van der Waals surface area contributed by atoms with Crippen molar-refractivity contribution in [2.45, 2.75) is 30.9 Å². The van der Waals surface area contributed by atoms with E-state index >= 15 is 0 Å². The third-order valence-corrected chi connectivity index (χ3v) is 6.42. The molecular formula is C19H21F2N5O2S. The van der Waals surface area contributed by atoms with Crippen LogP contribution in [-0.2, 0) is 29.7 Å². The van der Waals surface area contributed by atoms with Crippen molar-refractivity contribution in [3.8, 4) is 0 Å². The molecule has 0 saturated carbocycles. The van der Waals surface area contributed by atoms with Crippen LogP contribution in [0.1, 0.15) is 18.1 Å². The Labute approximate surface area is 169 Å². The van der Waals surface area contributed by atoms with Crippen molar-refractivity contribution in [3.63, 3.8) is 0 Å². The maximum atomic E-state index is 14.6. The number of nitrogens with zero attached hydrogens (tertiary/aromatic N) is 5. The summed E-state index contributed by atoms with van der Waals surface area (Å²) in [5.41, 5.74) is -1.26. The lowest BCUT2D eigenvalue weighted by atomic mass is 9.90. The number of hydrogen-bond acceptors (Lipinski definition) is 5. The number of hydrogen-bond donors (Lipinski definition) is 1.